The zero-order valence-electron chi connectivity index (χ0n) is 10.1. The van der Waals surface area contributed by atoms with Crippen molar-refractivity contribution in [2.24, 2.45) is 11.7 Å². The first-order valence-electron chi connectivity index (χ1n) is 6.36. The molecule has 2 N–H and O–H groups in total. The van der Waals surface area contributed by atoms with Crippen molar-refractivity contribution < 1.29 is 4.74 Å². The van der Waals surface area contributed by atoms with Crippen LogP contribution >= 0.6 is 11.6 Å². The van der Waals surface area contributed by atoms with E-state index in [0.29, 0.717) is 6.54 Å². The molecule has 0 spiro atoms. The predicted molar refractivity (Wildman–Crippen MR) is 71.2 cm³/mol. The van der Waals surface area contributed by atoms with E-state index in [-0.39, 0.29) is 6.10 Å². The molecule has 0 amide bonds. The molecule has 3 heteroatoms. The maximum absolute atomic E-state index is 5.93. The lowest BCUT2D eigenvalue weighted by atomic mass is 10.1. The van der Waals surface area contributed by atoms with E-state index in [2.05, 4.69) is 0 Å². The van der Waals surface area contributed by atoms with E-state index in [0.717, 1.165) is 23.1 Å². The van der Waals surface area contributed by atoms with E-state index < -0.39 is 0 Å². The van der Waals surface area contributed by atoms with E-state index in [4.69, 9.17) is 22.1 Å². The fourth-order valence-electron chi connectivity index (χ4n) is 2.41. The molecule has 1 aromatic rings. The van der Waals surface area contributed by atoms with Crippen LogP contribution in [0.15, 0.2) is 24.3 Å². The van der Waals surface area contributed by atoms with Gasteiger partial charge in [0.1, 0.15) is 0 Å². The zero-order chi connectivity index (χ0) is 12.1. The molecule has 0 bridgehead atoms. The average Bonchev–Trinajstić information content (AvgIpc) is 2.85. The van der Waals surface area contributed by atoms with Crippen molar-refractivity contribution in [3.05, 3.63) is 34.9 Å². The lowest BCUT2D eigenvalue weighted by Crippen LogP contribution is -2.18. The lowest BCUT2D eigenvalue weighted by Gasteiger charge is -2.19. The van der Waals surface area contributed by atoms with Gasteiger partial charge in [-0.2, -0.15) is 0 Å². The molecule has 1 fully saturated rings. The second-order valence-corrected chi connectivity index (χ2v) is 5.20. The van der Waals surface area contributed by atoms with Crippen molar-refractivity contribution in [3.63, 3.8) is 0 Å². The molecule has 0 saturated heterocycles. The molecule has 0 radical (unpaired) electrons. The maximum Gasteiger partial charge on any atom is 0.0947 e. The molecule has 1 unspecified atom stereocenters. The molecule has 94 valence electrons. The number of hydrogen-bond acceptors (Lipinski definition) is 2. The average molecular weight is 254 g/mol. The van der Waals surface area contributed by atoms with Gasteiger partial charge >= 0.3 is 0 Å². The van der Waals surface area contributed by atoms with Crippen molar-refractivity contribution in [3.8, 4) is 0 Å². The van der Waals surface area contributed by atoms with Crippen LogP contribution in [-0.2, 0) is 4.74 Å². The van der Waals surface area contributed by atoms with E-state index in [1.165, 1.54) is 25.7 Å². The molecular formula is C14H20ClNO. The van der Waals surface area contributed by atoms with Crippen LogP contribution in [0.25, 0.3) is 0 Å². The van der Waals surface area contributed by atoms with Gasteiger partial charge in [-0.15, -0.1) is 0 Å². The summed E-state index contributed by atoms with van der Waals surface area (Å²) in [5, 5.41) is 0.750. The summed E-state index contributed by atoms with van der Waals surface area (Å²) in [5.74, 6) is 0.733. The Kier molecular flexibility index (Phi) is 4.84. The number of hydrogen-bond donors (Lipinski definition) is 1. The molecule has 1 atom stereocenters. The Morgan fingerprint density at radius 1 is 1.24 bits per heavy atom. The van der Waals surface area contributed by atoms with Crippen molar-refractivity contribution in [1.29, 1.82) is 0 Å². The third kappa shape index (κ3) is 3.70. The van der Waals surface area contributed by atoms with Crippen LogP contribution in [-0.4, -0.2) is 13.2 Å². The summed E-state index contributed by atoms with van der Waals surface area (Å²) in [6.07, 6.45) is 5.31. The van der Waals surface area contributed by atoms with E-state index in [1.807, 2.05) is 24.3 Å². The summed E-state index contributed by atoms with van der Waals surface area (Å²) in [6, 6.07) is 7.76. The number of nitrogens with two attached hydrogens (primary N) is 1. The van der Waals surface area contributed by atoms with Gasteiger partial charge in [-0.3, -0.25) is 0 Å². The largest absolute Gasteiger partial charge is 0.372 e. The first kappa shape index (κ1) is 12.9. The number of rotatable bonds is 5. The van der Waals surface area contributed by atoms with Crippen molar-refractivity contribution in [1.82, 2.24) is 0 Å². The molecule has 1 aliphatic carbocycles. The highest BCUT2D eigenvalue weighted by atomic mass is 35.5. The Morgan fingerprint density at radius 3 is 2.47 bits per heavy atom. The van der Waals surface area contributed by atoms with Gasteiger partial charge in [0.05, 0.1) is 12.7 Å². The second-order valence-electron chi connectivity index (χ2n) is 4.76. The van der Waals surface area contributed by atoms with E-state index in [9.17, 15) is 0 Å². The number of ether oxygens (including phenoxy) is 1. The molecule has 2 nitrogen and oxygen atoms in total. The molecule has 1 saturated carbocycles. The standard InChI is InChI=1S/C14H20ClNO/c15-13-7-5-12(6-8-13)14(9-16)17-10-11-3-1-2-4-11/h5-8,11,14H,1-4,9-10,16H2. The molecule has 2 rings (SSSR count). The highest BCUT2D eigenvalue weighted by Gasteiger charge is 2.18. The molecule has 0 heterocycles. The third-order valence-electron chi connectivity index (χ3n) is 3.46. The van der Waals surface area contributed by atoms with Gasteiger partial charge in [-0.05, 0) is 36.5 Å². The van der Waals surface area contributed by atoms with Crippen LogP contribution in [0.5, 0.6) is 0 Å². The summed E-state index contributed by atoms with van der Waals surface area (Å²) >= 11 is 5.87. The molecule has 0 aliphatic heterocycles. The van der Waals surface area contributed by atoms with Gasteiger partial charge < -0.3 is 10.5 Å². The van der Waals surface area contributed by atoms with Crippen LogP contribution in [0.3, 0.4) is 0 Å². The highest BCUT2D eigenvalue weighted by Crippen LogP contribution is 2.27. The normalized spacial score (nSPS) is 18.5. The molecule has 17 heavy (non-hydrogen) atoms. The quantitative estimate of drug-likeness (QED) is 0.871. The van der Waals surface area contributed by atoms with Gasteiger partial charge in [0.2, 0.25) is 0 Å². The smallest absolute Gasteiger partial charge is 0.0947 e. The fraction of sp³-hybridized carbons (Fsp3) is 0.571. The zero-order valence-corrected chi connectivity index (χ0v) is 10.8. The number of halogens is 1. The van der Waals surface area contributed by atoms with Crippen LogP contribution in [0.4, 0.5) is 0 Å². The van der Waals surface area contributed by atoms with Crippen molar-refractivity contribution in [2.45, 2.75) is 31.8 Å². The SMILES string of the molecule is NCC(OCC1CCCC1)c1ccc(Cl)cc1. The molecule has 1 aromatic carbocycles. The van der Waals surface area contributed by atoms with Crippen molar-refractivity contribution >= 4 is 11.6 Å². The minimum atomic E-state index is 0.00728. The Morgan fingerprint density at radius 2 is 1.88 bits per heavy atom. The lowest BCUT2D eigenvalue weighted by molar-refractivity contribution is 0.0346. The van der Waals surface area contributed by atoms with Crippen LogP contribution in [0, 0.1) is 5.92 Å². The van der Waals surface area contributed by atoms with Crippen LogP contribution < -0.4 is 5.73 Å². The summed E-state index contributed by atoms with van der Waals surface area (Å²) in [7, 11) is 0. The predicted octanol–water partition coefficient (Wildman–Crippen LogP) is 3.55. The first-order valence-corrected chi connectivity index (χ1v) is 6.74. The Balaban J connectivity index is 1.89. The monoisotopic (exact) mass is 253 g/mol. The number of benzene rings is 1. The van der Waals surface area contributed by atoms with Crippen LogP contribution in [0.1, 0.15) is 37.4 Å². The first-order chi connectivity index (χ1) is 8.29. The van der Waals surface area contributed by atoms with Gasteiger partial charge in [-0.25, -0.2) is 0 Å². The fourth-order valence-corrected chi connectivity index (χ4v) is 2.53. The maximum atomic E-state index is 5.93. The van der Waals surface area contributed by atoms with Gasteiger partial charge in [0, 0.05) is 11.6 Å². The van der Waals surface area contributed by atoms with Gasteiger partial charge in [0.15, 0.2) is 0 Å². The Hall–Kier alpha value is -0.570. The summed E-state index contributed by atoms with van der Waals surface area (Å²) in [6.45, 7) is 1.36. The summed E-state index contributed by atoms with van der Waals surface area (Å²) in [4.78, 5) is 0. The Labute approximate surface area is 108 Å². The highest BCUT2D eigenvalue weighted by molar-refractivity contribution is 6.30. The van der Waals surface area contributed by atoms with Crippen molar-refractivity contribution in [2.75, 3.05) is 13.2 Å². The topological polar surface area (TPSA) is 35.2 Å². The van der Waals surface area contributed by atoms with Gasteiger partial charge in [-0.1, -0.05) is 36.6 Å². The molecule has 1 aliphatic rings. The minimum Gasteiger partial charge on any atom is -0.372 e. The van der Waals surface area contributed by atoms with Gasteiger partial charge in [0.25, 0.3) is 0 Å². The third-order valence-corrected chi connectivity index (χ3v) is 3.72. The molecule has 0 aromatic heterocycles. The van der Waals surface area contributed by atoms with E-state index >= 15 is 0 Å². The van der Waals surface area contributed by atoms with Crippen LogP contribution in [0.2, 0.25) is 5.02 Å². The second kappa shape index (κ2) is 6.39. The minimum absolute atomic E-state index is 0.00728. The molecular weight excluding hydrogens is 234 g/mol. The Bertz CT molecular complexity index is 333. The van der Waals surface area contributed by atoms with E-state index in [1.54, 1.807) is 0 Å². The summed E-state index contributed by atoms with van der Waals surface area (Å²) in [5.41, 5.74) is 6.89. The summed E-state index contributed by atoms with van der Waals surface area (Å²) < 4.78 is 5.93.